The summed E-state index contributed by atoms with van der Waals surface area (Å²) in [7, 11) is -3.51. The molecule has 0 bridgehead atoms. The van der Waals surface area contributed by atoms with Gasteiger partial charge >= 0.3 is 5.97 Å². The Morgan fingerprint density at radius 3 is 2.48 bits per heavy atom. The summed E-state index contributed by atoms with van der Waals surface area (Å²) in [6, 6.07) is 6.34. The van der Waals surface area contributed by atoms with Crippen LogP contribution in [0.2, 0.25) is 0 Å². The van der Waals surface area contributed by atoms with Gasteiger partial charge in [-0.1, -0.05) is 32.9 Å². The summed E-state index contributed by atoms with van der Waals surface area (Å²) < 4.78 is 31.6. The van der Waals surface area contributed by atoms with E-state index in [1.165, 1.54) is 12.1 Å². The van der Waals surface area contributed by atoms with Crippen LogP contribution in [0, 0.1) is 5.41 Å². The van der Waals surface area contributed by atoms with Crippen molar-refractivity contribution in [3.05, 3.63) is 24.3 Å². The van der Waals surface area contributed by atoms with E-state index >= 15 is 0 Å². The highest BCUT2D eigenvalue weighted by Crippen LogP contribution is 2.26. The molecule has 0 amide bonds. The van der Waals surface area contributed by atoms with E-state index in [-0.39, 0.29) is 22.6 Å². The lowest BCUT2D eigenvalue weighted by molar-refractivity contribution is -0.139. The second kappa shape index (κ2) is 6.80. The maximum Gasteiger partial charge on any atom is 0.341 e. The van der Waals surface area contributed by atoms with Crippen LogP contribution in [0.1, 0.15) is 27.2 Å². The molecule has 0 saturated carbocycles. The van der Waals surface area contributed by atoms with Crippen molar-refractivity contribution < 1.29 is 23.1 Å². The summed E-state index contributed by atoms with van der Waals surface area (Å²) in [5.74, 6) is -0.941. The van der Waals surface area contributed by atoms with Crippen molar-refractivity contribution in [3.8, 4) is 5.75 Å². The fourth-order valence-corrected chi connectivity index (χ4v) is 2.96. The third-order valence-corrected chi connectivity index (χ3v) is 3.90. The Morgan fingerprint density at radius 1 is 1.29 bits per heavy atom. The number of rotatable bonds is 7. The molecule has 21 heavy (non-hydrogen) atoms. The predicted octanol–water partition coefficient (Wildman–Crippen LogP) is 2.33. The van der Waals surface area contributed by atoms with Gasteiger partial charge < -0.3 is 9.84 Å². The lowest BCUT2D eigenvalue weighted by Gasteiger charge is -2.18. The zero-order chi connectivity index (χ0) is 16.1. The van der Waals surface area contributed by atoms with Crippen molar-refractivity contribution in [2.75, 3.05) is 17.1 Å². The number of sulfonamides is 1. The van der Waals surface area contributed by atoms with Crippen LogP contribution < -0.4 is 9.46 Å². The van der Waals surface area contributed by atoms with Gasteiger partial charge in [0.1, 0.15) is 5.75 Å². The number of carboxylic acids is 1. The number of carboxylic acid groups (broad SMARTS) is 1. The van der Waals surface area contributed by atoms with E-state index in [2.05, 4.69) is 4.72 Å². The predicted molar refractivity (Wildman–Crippen MR) is 81.1 cm³/mol. The first-order chi connectivity index (χ1) is 9.59. The Labute approximate surface area is 125 Å². The summed E-state index contributed by atoms with van der Waals surface area (Å²) in [6.45, 7) is 5.37. The van der Waals surface area contributed by atoms with Crippen molar-refractivity contribution in [3.63, 3.8) is 0 Å². The minimum atomic E-state index is -3.51. The summed E-state index contributed by atoms with van der Waals surface area (Å²) in [5, 5.41) is 8.61. The largest absolute Gasteiger partial charge is 0.480 e. The van der Waals surface area contributed by atoms with E-state index < -0.39 is 22.6 Å². The fourth-order valence-electron chi connectivity index (χ4n) is 1.48. The molecule has 2 N–H and O–H groups in total. The third kappa shape index (κ3) is 6.99. The molecule has 1 aromatic carbocycles. The van der Waals surface area contributed by atoms with Crippen molar-refractivity contribution in [2.24, 2.45) is 5.41 Å². The Hall–Kier alpha value is -1.76. The lowest BCUT2D eigenvalue weighted by Crippen LogP contribution is -2.21. The number of aliphatic carboxylic acids is 1. The molecule has 0 spiro atoms. The highest BCUT2D eigenvalue weighted by atomic mass is 32.2. The summed E-state index contributed by atoms with van der Waals surface area (Å²) >= 11 is 0. The second-order valence-electron chi connectivity index (χ2n) is 5.91. The van der Waals surface area contributed by atoms with Crippen molar-refractivity contribution in [2.45, 2.75) is 27.2 Å². The number of para-hydroxylation sites is 2. The van der Waals surface area contributed by atoms with Gasteiger partial charge in [0.15, 0.2) is 6.61 Å². The van der Waals surface area contributed by atoms with Gasteiger partial charge in [-0.3, -0.25) is 4.72 Å². The van der Waals surface area contributed by atoms with Crippen molar-refractivity contribution in [1.82, 2.24) is 0 Å². The number of carbonyl (C=O) groups is 1. The number of benzene rings is 1. The van der Waals surface area contributed by atoms with Gasteiger partial charge in [-0.2, -0.15) is 0 Å². The maximum atomic E-state index is 12.1. The Balaban J connectivity index is 2.79. The topological polar surface area (TPSA) is 92.7 Å². The Bertz CT molecular complexity index is 590. The van der Waals surface area contributed by atoms with Crippen LogP contribution in [0.3, 0.4) is 0 Å². The van der Waals surface area contributed by atoms with Crippen LogP contribution in [0.15, 0.2) is 24.3 Å². The van der Waals surface area contributed by atoms with Gasteiger partial charge in [0.2, 0.25) is 10.0 Å². The van der Waals surface area contributed by atoms with Crippen LogP contribution in [-0.4, -0.2) is 31.9 Å². The summed E-state index contributed by atoms with van der Waals surface area (Å²) in [5.41, 5.74) is 0.154. The van der Waals surface area contributed by atoms with Crippen LogP contribution in [-0.2, 0) is 14.8 Å². The standard InChI is InChI=1S/C14H21NO5S/c1-14(2,3)8-9-21(18,19)15-11-6-4-5-7-12(11)20-10-13(16)17/h4-7,15H,8-10H2,1-3H3,(H,16,17). The number of hydrogen-bond donors (Lipinski definition) is 2. The van der Waals surface area contributed by atoms with Crippen molar-refractivity contribution >= 4 is 21.7 Å². The first-order valence-corrected chi connectivity index (χ1v) is 8.18. The Kier molecular flexibility index (Phi) is 5.60. The molecule has 0 aliphatic carbocycles. The van der Waals surface area contributed by atoms with Crippen LogP contribution in [0.5, 0.6) is 5.75 Å². The minimum absolute atomic E-state index is 0.0102. The third-order valence-electron chi connectivity index (χ3n) is 2.62. The fraction of sp³-hybridized carbons (Fsp3) is 0.500. The second-order valence-corrected chi connectivity index (χ2v) is 7.75. The van der Waals surface area contributed by atoms with Gasteiger partial charge in [-0.05, 0) is 24.0 Å². The molecule has 0 aromatic heterocycles. The lowest BCUT2D eigenvalue weighted by atomic mass is 9.94. The number of nitrogens with one attached hydrogen (secondary N) is 1. The summed E-state index contributed by atoms with van der Waals surface area (Å²) in [4.78, 5) is 10.5. The van der Waals surface area contributed by atoms with Gasteiger partial charge in [0, 0.05) is 0 Å². The normalized spacial score (nSPS) is 12.0. The van der Waals surface area contributed by atoms with E-state index in [1.54, 1.807) is 12.1 Å². The van der Waals surface area contributed by atoms with Crippen LogP contribution in [0.4, 0.5) is 5.69 Å². The quantitative estimate of drug-likeness (QED) is 0.805. The molecule has 118 valence electrons. The number of hydrogen-bond acceptors (Lipinski definition) is 4. The molecule has 0 fully saturated rings. The molecule has 0 radical (unpaired) electrons. The highest BCUT2D eigenvalue weighted by Gasteiger charge is 2.18. The first-order valence-electron chi connectivity index (χ1n) is 6.53. The monoisotopic (exact) mass is 315 g/mol. The number of anilines is 1. The molecule has 1 rings (SSSR count). The molecular weight excluding hydrogens is 294 g/mol. The van der Waals surface area contributed by atoms with Crippen molar-refractivity contribution in [1.29, 1.82) is 0 Å². The zero-order valence-electron chi connectivity index (χ0n) is 12.4. The molecule has 0 heterocycles. The Morgan fingerprint density at radius 2 is 1.90 bits per heavy atom. The van der Waals surface area contributed by atoms with Gasteiger partial charge in [0.25, 0.3) is 0 Å². The van der Waals surface area contributed by atoms with Crippen LogP contribution in [0.25, 0.3) is 0 Å². The molecule has 0 saturated heterocycles. The van der Waals surface area contributed by atoms with Gasteiger partial charge in [-0.25, -0.2) is 13.2 Å². The van der Waals surface area contributed by atoms with E-state index in [0.29, 0.717) is 6.42 Å². The molecule has 7 heteroatoms. The van der Waals surface area contributed by atoms with E-state index in [1.807, 2.05) is 20.8 Å². The summed E-state index contributed by atoms with van der Waals surface area (Å²) in [6.07, 6.45) is 0.514. The molecule has 0 aliphatic heterocycles. The first kappa shape index (κ1) is 17.3. The average Bonchev–Trinajstić information content (AvgIpc) is 2.34. The molecule has 1 aromatic rings. The van der Waals surface area contributed by atoms with Gasteiger partial charge in [0.05, 0.1) is 11.4 Å². The van der Waals surface area contributed by atoms with E-state index in [0.717, 1.165) is 0 Å². The molecular formula is C14H21NO5S. The van der Waals surface area contributed by atoms with E-state index in [9.17, 15) is 13.2 Å². The molecule has 6 nitrogen and oxygen atoms in total. The molecule has 0 unspecified atom stereocenters. The maximum absolute atomic E-state index is 12.1. The number of ether oxygens (including phenoxy) is 1. The van der Waals surface area contributed by atoms with E-state index in [4.69, 9.17) is 9.84 Å². The smallest absolute Gasteiger partial charge is 0.341 e. The van der Waals surface area contributed by atoms with Crippen LogP contribution >= 0.6 is 0 Å². The highest BCUT2D eigenvalue weighted by molar-refractivity contribution is 7.92. The average molecular weight is 315 g/mol. The zero-order valence-corrected chi connectivity index (χ0v) is 13.2. The minimum Gasteiger partial charge on any atom is -0.480 e. The molecule has 0 aliphatic rings. The van der Waals surface area contributed by atoms with Gasteiger partial charge in [-0.15, -0.1) is 0 Å². The molecule has 0 atom stereocenters. The SMILES string of the molecule is CC(C)(C)CCS(=O)(=O)Nc1ccccc1OCC(=O)O.